The molecule has 4 heteroatoms. The molecule has 0 atom stereocenters. The Morgan fingerprint density at radius 1 is 0.941 bits per heavy atom. The molecule has 1 N–H and O–H groups in total. The lowest BCUT2D eigenvalue weighted by atomic mass is 10.1. The summed E-state index contributed by atoms with van der Waals surface area (Å²) in [6.45, 7) is 2.24. The van der Waals surface area contributed by atoms with Crippen molar-refractivity contribution in [2.45, 2.75) is 77.6 Å². The highest BCUT2D eigenvalue weighted by atomic mass is 79.9. The van der Waals surface area contributed by atoms with Gasteiger partial charge in [0.25, 0.3) is 5.91 Å². The zero-order chi connectivity index (χ0) is 12.9. The van der Waals surface area contributed by atoms with Crippen molar-refractivity contribution in [1.29, 1.82) is 0 Å². The monoisotopic (exact) mass is 307 g/mol. The Morgan fingerprint density at radius 3 is 1.76 bits per heavy atom. The molecular formula is C13H26BrNO2. The van der Waals surface area contributed by atoms with E-state index in [2.05, 4.69) is 23.1 Å². The molecule has 1 amide bonds. The summed E-state index contributed by atoms with van der Waals surface area (Å²) in [5, 5.41) is 8.76. The molecule has 0 aliphatic heterocycles. The first kappa shape index (κ1) is 16.9. The topological polar surface area (TPSA) is 40.5 Å². The van der Waals surface area contributed by atoms with E-state index in [0.29, 0.717) is 10.5 Å². The fourth-order valence-electron chi connectivity index (χ4n) is 1.86. The molecule has 0 aromatic heterocycles. The van der Waals surface area contributed by atoms with Gasteiger partial charge in [-0.15, -0.1) is 0 Å². The van der Waals surface area contributed by atoms with Crippen LogP contribution >= 0.6 is 16.1 Å². The van der Waals surface area contributed by atoms with Crippen LogP contribution in [-0.2, 0) is 4.79 Å². The number of hydrogen-bond acceptors (Lipinski definition) is 2. The number of carbonyl (C=O) groups excluding carboxylic acids is 1. The summed E-state index contributed by atoms with van der Waals surface area (Å²) in [5.74, 6) is -0.260. The van der Waals surface area contributed by atoms with Crippen molar-refractivity contribution < 1.29 is 10.0 Å². The van der Waals surface area contributed by atoms with Crippen LogP contribution in [0.5, 0.6) is 0 Å². The van der Waals surface area contributed by atoms with Gasteiger partial charge in [0, 0.05) is 6.42 Å². The van der Waals surface area contributed by atoms with Crippen molar-refractivity contribution in [2.24, 2.45) is 0 Å². The molecule has 3 nitrogen and oxygen atoms in total. The SMILES string of the molecule is CCCCCCCCCCCCC(=O)N(O)Br. The van der Waals surface area contributed by atoms with Crippen LogP contribution in [0.3, 0.4) is 0 Å². The second-order valence-corrected chi connectivity index (χ2v) is 5.26. The minimum absolute atomic E-state index is 0.260. The van der Waals surface area contributed by atoms with Crippen LogP contribution in [0.25, 0.3) is 0 Å². The van der Waals surface area contributed by atoms with Crippen molar-refractivity contribution >= 4 is 22.1 Å². The molecule has 0 saturated carbocycles. The molecule has 0 rings (SSSR count). The molecule has 0 aromatic rings. The van der Waals surface area contributed by atoms with E-state index in [9.17, 15) is 4.79 Å². The zero-order valence-electron chi connectivity index (χ0n) is 11.0. The lowest BCUT2D eigenvalue weighted by Gasteiger charge is -2.05. The molecule has 0 radical (unpaired) electrons. The van der Waals surface area contributed by atoms with Gasteiger partial charge in [-0.25, -0.2) is 0 Å². The Morgan fingerprint density at radius 2 is 1.35 bits per heavy atom. The van der Waals surface area contributed by atoms with Gasteiger partial charge in [-0.2, -0.15) is 4.09 Å². The van der Waals surface area contributed by atoms with Gasteiger partial charge in [0.15, 0.2) is 0 Å². The van der Waals surface area contributed by atoms with Gasteiger partial charge in [-0.05, 0) is 6.42 Å². The summed E-state index contributed by atoms with van der Waals surface area (Å²) in [7, 11) is 0. The minimum atomic E-state index is -0.260. The van der Waals surface area contributed by atoms with E-state index in [1.54, 1.807) is 0 Å². The zero-order valence-corrected chi connectivity index (χ0v) is 12.5. The average molecular weight is 308 g/mol. The molecule has 0 aliphatic carbocycles. The standard InChI is InChI=1S/C13H26BrNO2/c1-2-3-4-5-6-7-8-9-10-11-12-13(16)15(14)17/h17H,2-12H2,1H3. The number of halogens is 1. The fraction of sp³-hybridized carbons (Fsp3) is 0.923. The minimum Gasteiger partial charge on any atom is -0.275 e. The van der Waals surface area contributed by atoms with Gasteiger partial charge < -0.3 is 0 Å². The normalized spacial score (nSPS) is 10.5. The molecule has 0 bridgehead atoms. The number of unbranched alkanes of at least 4 members (excludes halogenated alkanes) is 9. The molecule has 17 heavy (non-hydrogen) atoms. The van der Waals surface area contributed by atoms with Crippen LogP contribution in [0.2, 0.25) is 0 Å². The first-order chi connectivity index (χ1) is 8.18. The van der Waals surface area contributed by atoms with E-state index in [1.807, 2.05) is 0 Å². The van der Waals surface area contributed by atoms with Crippen molar-refractivity contribution in [3.8, 4) is 0 Å². The summed E-state index contributed by atoms with van der Waals surface area (Å²) in [5.41, 5.74) is 0. The third kappa shape index (κ3) is 12.2. The Bertz CT molecular complexity index is 186. The summed E-state index contributed by atoms with van der Waals surface area (Å²) in [6, 6.07) is 0. The maximum Gasteiger partial charge on any atom is 0.256 e. The third-order valence-electron chi connectivity index (χ3n) is 2.95. The maximum absolute atomic E-state index is 11.0. The predicted octanol–water partition coefficient (Wildman–Crippen LogP) is 4.83. The Balaban J connectivity index is 3.06. The van der Waals surface area contributed by atoms with Crippen molar-refractivity contribution in [3.05, 3.63) is 0 Å². The maximum atomic E-state index is 11.0. The summed E-state index contributed by atoms with van der Waals surface area (Å²) >= 11 is 2.70. The molecular weight excluding hydrogens is 282 g/mol. The van der Waals surface area contributed by atoms with Crippen LogP contribution in [0, 0.1) is 0 Å². The fourth-order valence-corrected chi connectivity index (χ4v) is 2.03. The largest absolute Gasteiger partial charge is 0.275 e. The Labute approximate surface area is 114 Å². The van der Waals surface area contributed by atoms with Crippen LogP contribution in [0.4, 0.5) is 0 Å². The first-order valence-electron chi connectivity index (χ1n) is 6.86. The second-order valence-electron chi connectivity index (χ2n) is 4.59. The van der Waals surface area contributed by atoms with Crippen LogP contribution in [-0.4, -0.2) is 15.2 Å². The molecule has 0 spiro atoms. The molecule has 0 fully saturated rings. The third-order valence-corrected chi connectivity index (χ3v) is 3.35. The van der Waals surface area contributed by atoms with E-state index in [4.69, 9.17) is 5.21 Å². The number of nitrogens with zero attached hydrogens (tertiary/aromatic N) is 1. The highest BCUT2D eigenvalue weighted by Crippen LogP contribution is 2.11. The van der Waals surface area contributed by atoms with Gasteiger partial charge in [-0.3, -0.25) is 10.0 Å². The number of hydrogen-bond donors (Lipinski definition) is 1. The highest BCUT2D eigenvalue weighted by Gasteiger charge is 2.05. The Hall–Kier alpha value is -0.0900. The molecule has 0 aromatic carbocycles. The number of carbonyl (C=O) groups is 1. The second kappa shape index (κ2) is 12.4. The van der Waals surface area contributed by atoms with Gasteiger partial charge >= 0.3 is 0 Å². The molecule has 0 saturated heterocycles. The van der Waals surface area contributed by atoms with Gasteiger partial charge in [0.2, 0.25) is 0 Å². The van der Waals surface area contributed by atoms with Gasteiger partial charge in [-0.1, -0.05) is 64.7 Å². The lowest BCUT2D eigenvalue weighted by molar-refractivity contribution is -0.143. The Kier molecular flexibility index (Phi) is 12.3. The number of hydroxylamine groups is 1. The van der Waals surface area contributed by atoms with Crippen LogP contribution in [0.15, 0.2) is 0 Å². The van der Waals surface area contributed by atoms with Crippen LogP contribution in [0.1, 0.15) is 77.6 Å². The number of amides is 1. The summed E-state index contributed by atoms with van der Waals surface area (Å²) in [6.07, 6.45) is 13.0. The first-order valence-corrected chi connectivity index (χ1v) is 7.57. The van der Waals surface area contributed by atoms with Gasteiger partial charge in [0.05, 0.1) is 16.1 Å². The quantitative estimate of drug-likeness (QED) is 0.257. The summed E-state index contributed by atoms with van der Waals surface area (Å²) in [4.78, 5) is 11.0. The van der Waals surface area contributed by atoms with Crippen molar-refractivity contribution in [1.82, 2.24) is 4.09 Å². The van der Waals surface area contributed by atoms with E-state index < -0.39 is 0 Å². The lowest BCUT2D eigenvalue weighted by Crippen LogP contribution is -2.15. The molecule has 0 unspecified atom stereocenters. The van der Waals surface area contributed by atoms with E-state index in [0.717, 1.165) is 12.8 Å². The molecule has 0 aliphatic rings. The van der Waals surface area contributed by atoms with E-state index in [1.165, 1.54) is 51.4 Å². The average Bonchev–Trinajstić information content (AvgIpc) is 2.31. The predicted molar refractivity (Wildman–Crippen MR) is 74.0 cm³/mol. The van der Waals surface area contributed by atoms with Crippen molar-refractivity contribution in [2.75, 3.05) is 0 Å². The van der Waals surface area contributed by atoms with Crippen molar-refractivity contribution in [3.63, 3.8) is 0 Å². The summed E-state index contributed by atoms with van der Waals surface area (Å²) < 4.78 is 0.501. The molecule has 102 valence electrons. The molecule has 0 heterocycles. The van der Waals surface area contributed by atoms with E-state index >= 15 is 0 Å². The van der Waals surface area contributed by atoms with Crippen LogP contribution < -0.4 is 0 Å². The van der Waals surface area contributed by atoms with Gasteiger partial charge in [0.1, 0.15) is 0 Å². The number of rotatable bonds is 11. The smallest absolute Gasteiger partial charge is 0.256 e. The van der Waals surface area contributed by atoms with E-state index in [-0.39, 0.29) is 5.91 Å². The highest BCUT2D eigenvalue weighted by molar-refractivity contribution is 9.07.